The monoisotopic (exact) mass is 328 g/mol. The molecule has 0 radical (unpaired) electrons. The molecule has 4 nitrogen and oxygen atoms in total. The Kier molecular flexibility index (Phi) is 3.99. The van der Waals surface area contributed by atoms with Crippen LogP contribution in [0.2, 0.25) is 0 Å². The molecule has 1 unspecified atom stereocenters. The molecule has 0 aliphatic carbocycles. The number of pyridine rings is 1. The van der Waals surface area contributed by atoms with Crippen LogP contribution < -0.4 is 4.72 Å². The number of aromatic nitrogens is 1. The number of benzene rings is 1. The van der Waals surface area contributed by atoms with Crippen molar-refractivity contribution in [3.63, 3.8) is 0 Å². The minimum atomic E-state index is -3.50. The van der Waals surface area contributed by atoms with Crippen LogP contribution in [-0.2, 0) is 10.0 Å². The van der Waals surface area contributed by atoms with Crippen molar-refractivity contribution < 1.29 is 8.42 Å². The van der Waals surface area contributed by atoms with Crippen LogP contribution in [-0.4, -0.2) is 24.8 Å². The highest BCUT2D eigenvalue weighted by atomic mass is 79.9. The maximum absolute atomic E-state index is 12.2. The Bertz CT molecular complexity index is 651. The van der Waals surface area contributed by atoms with Crippen molar-refractivity contribution in [3.8, 4) is 0 Å². The van der Waals surface area contributed by atoms with Crippen molar-refractivity contribution >= 4 is 36.9 Å². The van der Waals surface area contributed by atoms with E-state index in [4.69, 9.17) is 0 Å². The molecule has 96 valence electrons. The number of rotatable bonds is 4. The highest BCUT2D eigenvalue weighted by Crippen LogP contribution is 2.20. The van der Waals surface area contributed by atoms with Crippen LogP contribution >= 0.6 is 15.9 Å². The second-order valence-electron chi connectivity index (χ2n) is 3.96. The number of nitrogens with zero attached hydrogens (tertiary/aromatic N) is 1. The largest absolute Gasteiger partial charge is 0.256 e. The summed E-state index contributed by atoms with van der Waals surface area (Å²) in [6.45, 7) is 2.23. The predicted molar refractivity (Wildman–Crippen MR) is 75.3 cm³/mol. The summed E-state index contributed by atoms with van der Waals surface area (Å²) in [5, 5.41) is 0.634. The molecule has 0 aliphatic heterocycles. The first-order chi connectivity index (χ1) is 8.50. The molecule has 18 heavy (non-hydrogen) atoms. The summed E-state index contributed by atoms with van der Waals surface area (Å²) in [4.78, 5) is 4.50. The first kappa shape index (κ1) is 13.5. The summed E-state index contributed by atoms with van der Waals surface area (Å²) >= 11 is 3.31. The zero-order chi connectivity index (χ0) is 13.2. The summed E-state index contributed by atoms with van der Waals surface area (Å²) in [7, 11) is -3.50. The zero-order valence-corrected chi connectivity index (χ0v) is 12.2. The van der Waals surface area contributed by atoms with E-state index in [0.717, 1.165) is 0 Å². The van der Waals surface area contributed by atoms with Crippen molar-refractivity contribution in [2.75, 3.05) is 6.54 Å². The molecule has 1 atom stereocenters. The molecule has 0 spiro atoms. The highest BCUT2D eigenvalue weighted by Gasteiger charge is 2.17. The van der Waals surface area contributed by atoms with Crippen molar-refractivity contribution in [2.24, 2.45) is 0 Å². The molecule has 2 aromatic rings. The maximum Gasteiger partial charge on any atom is 0.241 e. The Labute approximate surface area is 115 Å². The third-order valence-corrected chi connectivity index (χ3v) is 4.26. The van der Waals surface area contributed by atoms with Gasteiger partial charge in [-0.15, -0.1) is 0 Å². The van der Waals surface area contributed by atoms with E-state index < -0.39 is 10.0 Å². The van der Waals surface area contributed by atoms with Gasteiger partial charge in [-0.05, 0) is 24.3 Å². The van der Waals surface area contributed by atoms with E-state index in [0.29, 0.717) is 17.4 Å². The van der Waals surface area contributed by atoms with E-state index in [1.54, 1.807) is 36.5 Å². The van der Waals surface area contributed by atoms with Gasteiger partial charge in [0.2, 0.25) is 10.0 Å². The predicted octanol–water partition coefficient (Wildman–Crippen LogP) is 2.30. The van der Waals surface area contributed by atoms with Gasteiger partial charge in [-0.1, -0.05) is 28.9 Å². The Morgan fingerprint density at radius 1 is 1.33 bits per heavy atom. The lowest BCUT2D eigenvalue weighted by Gasteiger charge is -2.10. The highest BCUT2D eigenvalue weighted by molar-refractivity contribution is 9.09. The third kappa shape index (κ3) is 2.88. The summed E-state index contributed by atoms with van der Waals surface area (Å²) in [5.41, 5.74) is 0.673. The Morgan fingerprint density at radius 2 is 2.11 bits per heavy atom. The molecule has 0 saturated carbocycles. The van der Waals surface area contributed by atoms with E-state index >= 15 is 0 Å². The van der Waals surface area contributed by atoms with Crippen LogP contribution in [0.1, 0.15) is 6.92 Å². The lowest BCUT2D eigenvalue weighted by Crippen LogP contribution is -2.28. The van der Waals surface area contributed by atoms with Gasteiger partial charge in [0.15, 0.2) is 0 Å². The van der Waals surface area contributed by atoms with E-state index in [1.807, 2.05) is 6.92 Å². The van der Waals surface area contributed by atoms with Crippen LogP contribution in [0.4, 0.5) is 0 Å². The second-order valence-corrected chi connectivity index (χ2v) is 7.26. The first-order valence-corrected chi connectivity index (χ1v) is 7.88. The zero-order valence-electron chi connectivity index (χ0n) is 9.80. The number of fused-ring (bicyclic) bond motifs is 1. The molecule has 0 amide bonds. The Morgan fingerprint density at radius 3 is 2.83 bits per heavy atom. The average Bonchev–Trinajstić information content (AvgIpc) is 2.36. The quantitative estimate of drug-likeness (QED) is 0.876. The van der Waals surface area contributed by atoms with Crippen molar-refractivity contribution in [2.45, 2.75) is 16.6 Å². The number of hydrogen-bond acceptors (Lipinski definition) is 3. The Balaban J connectivity index is 2.47. The Hall–Kier alpha value is -0.980. The lowest BCUT2D eigenvalue weighted by molar-refractivity contribution is 0.582. The van der Waals surface area contributed by atoms with Crippen LogP contribution in [0.15, 0.2) is 41.4 Å². The number of alkyl halides is 1. The fourth-order valence-corrected chi connectivity index (χ4v) is 3.33. The lowest BCUT2D eigenvalue weighted by atomic mass is 10.2. The van der Waals surface area contributed by atoms with Gasteiger partial charge in [0.05, 0.1) is 10.4 Å². The van der Waals surface area contributed by atoms with Crippen molar-refractivity contribution in [1.29, 1.82) is 0 Å². The summed E-state index contributed by atoms with van der Waals surface area (Å²) in [6.07, 6.45) is 1.65. The fraction of sp³-hybridized carbons (Fsp3) is 0.250. The van der Waals surface area contributed by atoms with Gasteiger partial charge in [-0.25, -0.2) is 13.1 Å². The summed E-state index contributed by atoms with van der Waals surface area (Å²) < 4.78 is 26.9. The number of hydrogen-bond donors (Lipinski definition) is 1. The van der Waals surface area contributed by atoms with Gasteiger partial charge in [0.25, 0.3) is 0 Å². The number of sulfonamides is 1. The van der Waals surface area contributed by atoms with E-state index in [9.17, 15) is 8.42 Å². The average molecular weight is 329 g/mol. The van der Waals surface area contributed by atoms with E-state index in [-0.39, 0.29) is 9.72 Å². The molecule has 0 bridgehead atoms. The van der Waals surface area contributed by atoms with Crippen LogP contribution in [0.25, 0.3) is 10.9 Å². The van der Waals surface area contributed by atoms with Crippen molar-refractivity contribution in [3.05, 3.63) is 36.5 Å². The topological polar surface area (TPSA) is 59.1 Å². The van der Waals surface area contributed by atoms with E-state index in [2.05, 4.69) is 25.6 Å². The summed E-state index contributed by atoms with van der Waals surface area (Å²) in [5.74, 6) is 0. The molecule has 0 saturated heterocycles. The molecule has 2 rings (SSSR count). The molecule has 0 aliphatic rings. The fourth-order valence-electron chi connectivity index (χ4n) is 1.61. The third-order valence-electron chi connectivity index (χ3n) is 2.45. The van der Waals surface area contributed by atoms with Gasteiger partial charge in [-0.2, -0.15) is 0 Å². The van der Waals surface area contributed by atoms with Gasteiger partial charge < -0.3 is 0 Å². The number of halogens is 1. The van der Waals surface area contributed by atoms with Gasteiger partial charge in [0, 0.05) is 23.0 Å². The summed E-state index contributed by atoms with van der Waals surface area (Å²) in [6, 6.07) is 8.57. The van der Waals surface area contributed by atoms with E-state index in [1.165, 1.54) is 0 Å². The van der Waals surface area contributed by atoms with Gasteiger partial charge in [0.1, 0.15) is 0 Å². The molecule has 1 aromatic carbocycles. The molecule has 1 aromatic heterocycles. The second kappa shape index (κ2) is 5.34. The first-order valence-electron chi connectivity index (χ1n) is 5.48. The molecule has 1 heterocycles. The maximum atomic E-state index is 12.2. The van der Waals surface area contributed by atoms with Crippen LogP contribution in [0.5, 0.6) is 0 Å². The van der Waals surface area contributed by atoms with Crippen LogP contribution in [0.3, 0.4) is 0 Å². The standard InChI is InChI=1S/C12H13BrN2O2S/c1-9(13)8-15-18(16,17)12-6-2-5-11-10(12)4-3-7-14-11/h2-7,9,15H,8H2,1H3. The molecule has 6 heteroatoms. The smallest absolute Gasteiger partial charge is 0.241 e. The molecular weight excluding hydrogens is 316 g/mol. The number of nitrogens with one attached hydrogen (secondary N) is 1. The molecule has 1 N–H and O–H groups in total. The normalized spacial score (nSPS) is 13.7. The minimum Gasteiger partial charge on any atom is -0.256 e. The molecular formula is C12H13BrN2O2S. The van der Waals surface area contributed by atoms with Crippen molar-refractivity contribution in [1.82, 2.24) is 9.71 Å². The van der Waals surface area contributed by atoms with Gasteiger partial charge >= 0.3 is 0 Å². The van der Waals surface area contributed by atoms with Gasteiger partial charge in [-0.3, -0.25) is 4.98 Å². The van der Waals surface area contributed by atoms with Crippen LogP contribution in [0, 0.1) is 0 Å². The molecule has 0 fully saturated rings. The SMILES string of the molecule is CC(Br)CNS(=O)(=O)c1cccc2ncccc12. The minimum absolute atomic E-state index is 0.0837.